The van der Waals surface area contributed by atoms with E-state index in [4.69, 9.17) is 5.73 Å². The Hall–Kier alpha value is -0.870. The van der Waals surface area contributed by atoms with Crippen LogP contribution in [0.2, 0.25) is 0 Å². The molecule has 3 nitrogen and oxygen atoms in total. The van der Waals surface area contributed by atoms with E-state index in [2.05, 4.69) is 28.9 Å². The fourth-order valence-corrected chi connectivity index (χ4v) is 2.08. The van der Waals surface area contributed by atoms with Crippen molar-refractivity contribution in [2.24, 2.45) is 0 Å². The van der Waals surface area contributed by atoms with Gasteiger partial charge in [0, 0.05) is 43.3 Å². The van der Waals surface area contributed by atoms with Crippen LogP contribution in [0.25, 0.3) is 0 Å². The molecule has 0 spiro atoms. The molecule has 1 aliphatic heterocycles. The highest BCUT2D eigenvalue weighted by molar-refractivity contribution is 7.79. The van der Waals surface area contributed by atoms with Gasteiger partial charge in [-0.2, -0.15) is 12.6 Å². The summed E-state index contributed by atoms with van der Waals surface area (Å²) in [7, 11) is 0. The number of benzene rings is 1. The summed E-state index contributed by atoms with van der Waals surface area (Å²) in [6.45, 7) is 4.20. The number of hydrogen-bond acceptors (Lipinski definition) is 4. The minimum atomic E-state index is 0.740. The lowest BCUT2D eigenvalue weighted by molar-refractivity contribution is 0.589. The molecule has 0 aromatic heterocycles. The summed E-state index contributed by atoms with van der Waals surface area (Å²) < 4.78 is 0. The van der Waals surface area contributed by atoms with Crippen molar-refractivity contribution < 1.29 is 0 Å². The van der Waals surface area contributed by atoms with Gasteiger partial charge in [-0.05, 0) is 23.8 Å². The molecule has 1 aliphatic rings. The van der Waals surface area contributed by atoms with Crippen LogP contribution in [0.4, 0.5) is 11.4 Å². The highest BCUT2D eigenvalue weighted by atomic mass is 32.1. The molecular weight excluding hydrogens is 206 g/mol. The Balaban J connectivity index is 2.22. The van der Waals surface area contributed by atoms with Gasteiger partial charge in [0.15, 0.2) is 0 Å². The molecule has 0 saturated carbocycles. The number of anilines is 2. The first kappa shape index (κ1) is 10.6. The Labute approximate surface area is 96.1 Å². The zero-order valence-electron chi connectivity index (χ0n) is 8.74. The van der Waals surface area contributed by atoms with E-state index in [9.17, 15) is 0 Å². The minimum absolute atomic E-state index is 0.740. The predicted octanol–water partition coefficient (Wildman–Crippen LogP) is 1.11. The predicted molar refractivity (Wildman–Crippen MR) is 68.6 cm³/mol. The molecule has 0 aliphatic carbocycles. The van der Waals surface area contributed by atoms with Gasteiger partial charge in [-0.15, -0.1) is 0 Å². The molecule has 1 heterocycles. The molecule has 1 saturated heterocycles. The molecule has 0 radical (unpaired) electrons. The lowest BCUT2D eigenvalue weighted by atomic mass is 10.1. The molecule has 82 valence electrons. The first-order chi connectivity index (χ1) is 7.29. The lowest BCUT2D eigenvalue weighted by Crippen LogP contribution is -2.43. The molecule has 1 aromatic rings. The van der Waals surface area contributed by atoms with Gasteiger partial charge in [0.05, 0.1) is 0 Å². The number of piperazine rings is 1. The second-order valence-corrected chi connectivity index (χ2v) is 4.14. The van der Waals surface area contributed by atoms with Crippen LogP contribution in [0, 0.1) is 0 Å². The molecule has 1 fully saturated rings. The van der Waals surface area contributed by atoms with Gasteiger partial charge >= 0.3 is 0 Å². The van der Waals surface area contributed by atoms with Crippen molar-refractivity contribution in [3.63, 3.8) is 0 Å². The Morgan fingerprint density at radius 3 is 2.67 bits per heavy atom. The van der Waals surface area contributed by atoms with E-state index in [-0.39, 0.29) is 0 Å². The van der Waals surface area contributed by atoms with Crippen molar-refractivity contribution in [1.29, 1.82) is 0 Å². The summed E-state index contributed by atoms with van der Waals surface area (Å²) in [5, 5.41) is 3.34. The quantitative estimate of drug-likeness (QED) is 0.520. The van der Waals surface area contributed by atoms with Crippen LogP contribution in [-0.4, -0.2) is 26.2 Å². The maximum Gasteiger partial charge on any atom is 0.0390 e. The standard InChI is InChI=1S/C11H17N3S/c12-10-5-9(8-15)6-11(7-10)14-3-1-13-2-4-14/h5-7,13,15H,1-4,8,12H2. The van der Waals surface area contributed by atoms with E-state index in [1.165, 1.54) is 11.3 Å². The van der Waals surface area contributed by atoms with Crippen molar-refractivity contribution in [3.05, 3.63) is 23.8 Å². The molecule has 15 heavy (non-hydrogen) atoms. The summed E-state index contributed by atoms with van der Waals surface area (Å²) in [6.07, 6.45) is 0. The normalized spacial score (nSPS) is 16.7. The highest BCUT2D eigenvalue weighted by Gasteiger charge is 2.11. The third-order valence-electron chi connectivity index (χ3n) is 2.66. The smallest absolute Gasteiger partial charge is 0.0390 e. The van der Waals surface area contributed by atoms with Crippen LogP contribution >= 0.6 is 12.6 Å². The topological polar surface area (TPSA) is 41.3 Å². The maximum atomic E-state index is 5.87. The number of nitrogens with zero attached hydrogens (tertiary/aromatic N) is 1. The Kier molecular flexibility index (Phi) is 3.38. The molecule has 0 amide bonds. The van der Waals surface area contributed by atoms with E-state index in [0.29, 0.717) is 0 Å². The molecule has 0 atom stereocenters. The third kappa shape index (κ3) is 2.58. The summed E-state index contributed by atoms with van der Waals surface area (Å²) in [5.74, 6) is 0.740. The van der Waals surface area contributed by atoms with Crippen LogP contribution < -0.4 is 16.0 Å². The highest BCUT2D eigenvalue weighted by Crippen LogP contribution is 2.22. The van der Waals surface area contributed by atoms with E-state index >= 15 is 0 Å². The zero-order chi connectivity index (χ0) is 10.7. The van der Waals surface area contributed by atoms with Crippen LogP contribution in [0.5, 0.6) is 0 Å². The third-order valence-corrected chi connectivity index (χ3v) is 3.03. The average Bonchev–Trinajstić information content (AvgIpc) is 2.29. The summed E-state index contributed by atoms with van der Waals surface area (Å²) >= 11 is 4.28. The van der Waals surface area contributed by atoms with Gasteiger partial charge in [0.2, 0.25) is 0 Å². The van der Waals surface area contributed by atoms with Crippen molar-refractivity contribution in [1.82, 2.24) is 5.32 Å². The van der Waals surface area contributed by atoms with Crippen molar-refractivity contribution in [3.8, 4) is 0 Å². The Morgan fingerprint density at radius 2 is 2.00 bits per heavy atom. The minimum Gasteiger partial charge on any atom is -0.399 e. The average molecular weight is 223 g/mol. The maximum absolute atomic E-state index is 5.87. The number of nitrogens with two attached hydrogens (primary N) is 1. The monoisotopic (exact) mass is 223 g/mol. The van der Waals surface area contributed by atoms with E-state index in [1.807, 2.05) is 12.1 Å². The SMILES string of the molecule is Nc1cc(CS)cc(N2CCNCC2)c1. The molecule has 0 unspecified atom stereocenters. The zero-order valence-corrected chi connectivity index (χ0v) is 9.63. The van der Waals surface area contributed by atoms with Gasteiger partial charge in [-0.25, -0.2) is 0 Å². The summed E-state index contributed by atoms with van der Waals surface area (Å²) in [6, 6.07) is 6.20. The van der Waals surface area contributed by atoms with Gasteiger partial charge in [0.25, 0.3) is 0 Å². The number of hydrogen-bond donors (Lipinski definition) is 3. The molecule has 4 heteroatoms. The van der Waals surface area contributed by atoms with Crippen molar-refractivity contribution in [2.75, 3.05) is 36.8 Å². The molecule has 1 aromatic carbocycles. The fourth-order valence-electron chi connectivity index (χ4n) is 1.90. The van der Waals surface area contributed by atoms with E-state index < -0.39 is 0 Å². The van der Waals surface area contributed by atoms with Crippen LogP contribution in [0.15, 0.2) is 18.2 Å². The number of nitrogens with one attached hydrogen (secondary N) is 1. The Morgan fingerprint density at radius 1 is 1.27 bits per heavy atom. The molecular formula is C11H17N3S. The number of nitrogen functional groups attached to an aromatic ring is 1. The van der Waals surface area contributed by atoms with Crippen LogP contribution in [0.3, 0.4) is 0 Å². The van der Waals surface area contributed by atoms with Gasteiger partial charge in [-0.1, -0.05) is 0 Å². The van der Waals surface area contributed by atoms with Crippen molar-refractivity contribution in [2.45, 2.75) is 5.75 Å². The second-order valence-electron chi connectivity index (χ2n) is 3.83. The number of thiol groups is 1. The summed E-state index contributed by atoms with van der Waals surface area (Å²) in [5.41, 5.74) is 9.10. The van der Waals surface area contributed by atoms with E-state index in [1.54, 1.807) is 0 Å². The molecule has 0 bridgehead atoms. The lowest BCUT2D eigenvalue weighted by Gasteiger charge is -2.30. The van der Waals surface area contributed by atoms with Gasteiger partial charge in [-0.3, -0.25) is 0 Å². The van der Waals surface area contributed by atoms with E-state index in [0.717, 1.165) is 37.6 Å². The van der Waals surface area contributed by atoms with Crippen LogP contribution in [-0.2, 0) is 5.75 Å². The van der Waals surface area contributed by atoms with Gasteiger partial charge < -0.3 is 16.0 Å². The first-order valence-electron chi connectivity index (χ1n) is 5.25. The van der Waals surface area contributed by atoms with Crippen molar-refractivity contribution >= 4 is 24.0 Å². The first-order valence-corrected chi connectivity index (χ1v) is 5.89. The van der Waals surface area contributed by atoms with Crippen LogP contribution in [0.1, 0.15) is 5.56 Å². The second kappa shape index (κ2) is 4.77. The molecule has 3 N–H and O–H groups in total. The van der Waals surface area contributed by atoms with Gasteiger partial charge in [0.1, 0.15) is 0 Å². The fraction of sp³-hybridized carbons (Fsp3) is 0.455. The summed E-state index contributed by atoms with van der Waals surface area (Å²) in [4.78, 5) is 2.36. The largest absolute Gasteiger partial charge is 0.399 e. The number of rotatable bonds is 2. The Bertz CT molecular complexity index is 335. The molecule has 2 rings (SSSR count).